The van der Waals surface area contributed by atoms with Crippen LogP contribution in [0.15, 0.2) is 12.1 Å². The molecular weight excluding hydrogens is 255 g/mol. The van der Waals surface area contributed by atoms with E-state index in [4.69, 9.17) is 0 Å². The minimum atomic E-state index is -1.43. The van der Waals surface area contributed by atoms with Crippen molar-refractivity contribution in [2.45, 2.75) is 0 Å². The average Bonchev–Trinajstić information content (AvgIpc) is 2.38. The summed E-state index contributed by atoms with van der Waals surface area (Å²) in [5, 5.41) is 2.91. The Hall–Kier alpha value is -1.27. The molecule has 19 heavy (non-hydrogen) atoms. The molecule has 1 saturated heterocycles. The molecule has 0 amide bonds. The van der Waals surface area contributed by atoms with Gasteiger partial charge in [-0.1, -0.05) is 0 Å². The van der Waals surface area contributed by atoms with Crippen LogP contribution in [0.25, 0.3) is 0 Å². The molecule has 106 valence electrons. The van der Waals surface area contributed by atoms with E-state index in [0.717, 1.165) is 44.9 Å². The van der Waals surface area contributed by atoms with Gasteiger partial charge in [-0.15, -0.1) is 0 Å². The molecule has 3 nitrogen and oxygen atoms in total. The van der Waals surface area contributed by atoms with Crippen LogP contribution in [0.2, 0.25) is 0 Å². The molecule has 0 aliphatic carbocycles. The summed E-state index contributed by atoms with van der Waals surface area (Å²) in [5.74, 6) is -3.76. The Morgan fingerprint density at radius 2 is 1.63 bits per heavy atom. The van der Waals surface area contributed by atoms with Crippen LogP contribution in [0.4, 0.5) is 18.9 Å². The summed E-state index contributed by atoms with van der Waals surface area (Å²) in [6, 6.07) is 1.95. The van der Waals surface area contributed by atoms with Crippen molar-refractivity contribution in [3.8, 4) is 0 Å². The number of likely N-dealkylation sites (N-methyl/N-ethyl adjacent to an activating group) is 1. The predicted molar refractivity (Wildman–Crippen MR) is 68.7 cm³/mol. The van der Waals surface area contributed by atoms with Gasteiger partial charge in [0.2, 0.25) is 0 Å². The molecular formula is C13H18F3N3. The maximum Gasteiger partial charge on any atom is 0.194 e. The van der Waals surface area contributed by atoms with Crippen LogP contribution in [0.1, 0.15) is 0 Å². The molecule has 1 aromatic rings. The molecule has 1 aliphatic heterocycles. The Morgan fingerprint density at radius 3 is 2.21 bits per heavy atom. The second-order valence-electron chi connectivity index (χ2n) is 4.83. The zero-order chi connectivity index (χ0) is 13.8. The van der Waals surface area contributed by atoms with E-state index in [0.29, 0.717) is 6.54 Å². The SMILES string of the molecule is CN1CCN(CCNc2cc(F)c(F)c(F)c2)CC1. The molecule has 1 aromatic carbocycles. The molecule has 0 aromatic heterocycles. The third-order valence-electron chi connectivity index (χ3n) is 3.34. The van der Waals surface area contributed by atoms with Crippen LogP contribution >= 0.6 is 0 Å². The van der Waals surface area contributed by atoms with Crippen molar-refractivity contribution in [3.63, 3.8) is 0 Å². The Balaban J connectivity index is 1.79. The number of halogens is 3. The third-order valence-corrected chi connectivity index (χ3v) is 3.34. The zero-order valence-corrected chi connectivity index (χ0v) is 10.9. The highest BCUT2D eigenvalue weighted by molar-refractivity contribution is 5.44. The zero-order valence-electron chi connectivity index (χ0n) is 10.9. The van der Waals surface area contributed by atoms with Crippen LogP contribution in [-0.4, -0.2) is 56.1 Å². The fourth-order valence-electron chi connectivity index (χ4n) is 2.09. The van der Waals surface area contributed by atoms with Crippen molar-refractivity contribution in [2.24, 2.45) is 0 Å². The standard InChI is InChI=1S/C13H18F3N3/c1-18-4-6-19(7-5-18)3-2-17-10-8-11(14)13(16)12(15)9-10/h8-9,17H,2-7H2,1H3. The minimum Gasteiger partial charge on any atom is -0.384 e. The summed E-state index contributed by atoms with van der Waals surface area (Å²) in [4.78, 5) is 4.54. The molecule has 0 atom stereocenters. The summed E-state index contributed by atoms with van der Waals surface area (Å²) in [6.07, 6.45) is 0. The van der Waals surface area contributed by atoms with E-state index in [1.54, 1.807) is 0 Å². The number of benzene rings is 1. The topological polar surface area (TPSA) is 18.5 Å². The van der Waals surface area contributed by atoms with Crippen molar-refractivity contribution in [1.29, 1.82) is 0 Å². The fourth-order valence-corrected chi connectivity index (χ4v) is 2.09. The largest absolute Gasteiger partial charge is 0.384 e. The molecule has 0 unspecified atom stereocenters. The van der Waals surface area contributed by atoms with Gasteiger partial charge in [-0.2, -0.15) is 0 Å². The van der Waals surface area contributed by atoms with E-state index in [-0.39, 0.29) is 5.69 Å². The highest BCUT2D eigenvalue weighted by Gasteiger charge is 2.13. The lowest BCUT2D eigenvalue weighted by Crippen LogP contribution is -2.45. The second-order valence-corrected chi connectivity index (χ2v) is 4.83. The second kappa shape index (κ2) is 6.25. The summed E-state index contributed by atoms with van der Waals surface area (Å²) in [5.41, 5.74) is 0.269. The van der Waals surface area contributed by atoms with E-state index in [9.17, 15) is 13.2 Å². The molecule has 0 spiro atoms. The van der Waals surface area contributed by atoms with E-state index >= 15 is 0 Å². The first-order chi connectivity index (χ1) is 9.06. The van der Waals surface area contributed by atoms with Gasteiger partial charge in [0.05, 0.1) is 0 Å². The Bertz CT molecular complexity index is 408. The number of hydrogen-bond acceptors (Lipinski definition) is 3. The smallest absolute Gasteiger partial charge is 0.194 e. The average molecular weight is 273 g/mol. The predicted octanol–water partition coefficient (Wildman–Crippen LogP) is 1.76. The van der Waals surface area contributed by atoms with Gasteiger partial charge in [0.15, 0.2) is 17.5 Å². The maximum absolute atomic E-state index is 13.0. The van der Waals surface area contributed by atoms with E-state index in [1.807, 2.05) is 0 Å². The number of nitrogens with one attached hydrogen (secondary N) is 1. The summed E-state index contributed by atoms with van der Waals surface area (Å²) in [6.45, 7) is 5.41. The van der Waals surface area contributed by atoms with E-state index in [2.05, 4.69) is 22.2 Å². The Kier molecular flexibility index (Phi) is 4.66. The normalized spacial score (nSPS) is 17.7. The quantitative estimate of drug-likeness (QED) is 0.843. The molecule has 1 aliphatic rings. The van der Waals surface area contributed by atoms with Crippen LogP contribution < -0.4 is 5.32 Å². The summed E-state index contributed by atoms with van der Waals surface area (Å²) < 4.78 is 38.8. The number of rotatable bonds is 4. The van der Waals surface area contributed by atoms with Crippen molar-refractivity contribution < 1.29 is 13.2 Å². The molecule has 0 saturated carbocycles. The lowest BCUT2D eigenvalue weighted by Gasteiger charge is -2.32. The highest BCUT2D eigenvalue weighted by atomic mass is 19.2. The van der Waals surface area contributed by atoms with Crippen molar-refractivity contribution in [1.82, 2.24) is 9.80 Å². The lowest BCUT2D eigenvalue weighted by atomic mass is 10.2. The molecule has 6 heteroatoms. The molecule has 0 radical (unpaired) electrons. The van der Waals surface area contributed by atoms with Gasteiger partial charge in [0.25, 0.3) is 0 Å². The van der Waals surface area contributed by atoms with Gasteiger partial charge < -0.3 is 10.2 Å². The number of piperazine rings is 1. The Morgan fingerprint density at radius 1 is 1.05 bits per heavy atom. The van der Waals surface area contributed by atoms with Gasteiger partial charge in [0.1, 0.15) is 0 Å². The van der Waals surface area contributed by atoms with Gasteiger partial charge in [0, 0.05) is 57.1 Å². The summed E-state index contributed by atoms with van der Waals surface area (Å²) in [7, 11) is 2.08. The van der Waals surface area contributed by atoms with Gasteiger partial charge >= 0.3 is 0 Å². The van der Waals surface area contributed by atoms with Crippen molar-refractivity contribution in [2.75, 3.05) is 51.6 Å². The van der Waals surface area contributed by atoms with Crippen LogP contribution in [-0.2, 0) is 0 Å². The lowest BCUT2D eigenvalue weighted by molar-refractivity contribution is 0.158. The molecule has 2 rings (SSSR count). The third kappa shape index (κ3) is 3.84. The fraction of sp³-hybridized carbons (Fsp3) is 0.538. The van der Waals surface area contributed by atoms with Crippen LogP contribution in [0.5, 0.6) is 0 Å². The van der Waals surface area contributed by atoms with Gasteiger partial charge in [-0.25, -0.2) is 13.2 Å². The molecule has 1 N–H and O–H groups in total. The number of anilines is 1. The molecule has 1 fully saturated rings. The van der Waals surface area contributed by atoms with Gasteiger partial charge in [-0.3, -0.25) is 4.90 Å². The first-order valence-corrected chi connectivity index (χ1v) is 6.35. The first-order valence-electron chi connectivity index (χ1n) is 6.35. The van der Waals surface area contributed by atoms with Crippen molar-refractivity contribution in [3.05, 3.63) is 29.6 Å². The highest BCUT2D eigenvalue weighted by Crippen LogP contribution is 2.17. The Labute approximate surface area is 111 Å². The number of nitrogens with zero attached hydrogens (tertiary/aromatic N) is 2. The number of hydrogen-bond donors (Lipinski definition) is 1. The van der Waals surface area contributed by atoms with Crippen LogP contribution in [0, 0.1) is 17.5 Å². The molecule has 1 heterocycles. The van der Waals surface area contributed by atoms with Crippen molar-refractivity contribution >= 4 is 5.69 Å². The summed E-state index contributed by atoms with van der Waals surface area (Å²) >= 11 is 0. The van der Waals surface area contributed by atoms with E-state index in [1.165, 1.54) is 0 Å². The van der Waals surface area contributed by atoms with E-state index < -0.39 is 17.5 Å². The monoisotopic (exact) mass is 273 g/mol. The first kappa shape index (κ1) is 14.1. The molecule has 0 bridgehead atoms. The van der Waals surface area contributed by atoms with Crippen LogP contribution in [0.3, 0.4) is 0 Å². The van der Waals surface area contributed by atoms with Gasteiger partial charge in [-0.05, 0) is 7.05 Å². The maximum atomic E-state index is 13.0. The minimum absolute atomic E-state index is 0.269.